The second-order valence-electron chi connectivity index (χ2n) is 11.4. The van der Waals surface area contributed by atoms with Gasteiger partial charge in [-0.3, -0.25) is 19.6 Å². The number of carbonyl (C=O) groups excluding carboxylic acids is 2. The Balaban J connectivity index is 1.36. The van der Waals surface area contributed by atoms with Gasteiger partial charge >= 0.3 is 0 Å². The van der Waals surface area contributed by atoms with Gasteiger partial charge in [-0.1, -0.05) is 109 Å². The van der Waals surface area contributed by atoms with Crippen molar-refractivity contribution < 1.29 is 9.59 Å². The number of carbonyl (C=O) groups is 2. The Morgan fingerprint density at radius 1 is 0.707 bits per heavy atom. The summed E-state index contributed by atoms with van der Waals surface area (Å²) in [6.45, 7) is 0.641. The van der Waals surface area contributed by atoms with E-state index < -0.39 is 5.54 Å². The molecular weight excluding hydrogens is 508 g/mol. The fraction of sp³-hybridized carbons (Fsp3) is 0.229. The lowest BCUT2D eigenvalue weighted by molar-refractivity contribution is -0.139. The molecule has 0 aromatic heterocycles. The summed E-state index contributed by atoms with van der Waals surface area (Å²) < 4.78 is 0. The normalized spacial score (nSPS) is 28.8. The molecule has 4 aromatic rings. The second-order valence-corrected chi connectivity index (χ2v) is 11.4. The number of ketones is 1. The van der Waals surface area contributed by atoms with E-state index in [-0.39, 0.29) is 35.6 Å². The number of benzene rings is 4. The van der Waals surface area contributed by atoms with E-state index in [1.165, 1.54) is 0 Å². The van der Waals surface area contributed by atoms with Gasteiger partial charge in [-0.25, -0.2) is 5.01 Å². The molecule has 6 nitrogen and oxygen atoms in total. The summed E-state index contributed by atoms with van der Waals surface area (Å²) in [6.07, 6.45) is 0.986. The van der Waals surface area contributed by atoms with Crippen LogP contribution in [-0.2, 0) is 9.59 Å². The predicted octanol–water partition coefficient (Wildman–Crippen LogP) is 5.60. The number of anilines is 1. The lowest BCUT2D eigenvalue weighted by Gasteiger charge is -2.40. The van der Waals surface area contributed by atoms with E-state index >= 15 is 4.79 Å². The molecular formula is C35H30N4O2. The van der Waals surface area contributed by atoms with E-state index in [1.807, 2.05) is 94.9 Å². The van der Waals surface area contributed by atoms with Crippen molar-refractivity contribution in [3.63, 3.8) is 0 Å². The molecule has 5 atom stereocenters. The quantitative estimate of drug-likeness (QED) is 0.340. The molecule has 4 aliphatic rings. The summed E-state index contributed by atoms with van der Waals surface area (Å²) in [6, 6.07) is 40.4. The van der Waals surface area contributed by atoms with Crippen molar-refractivity contribution in [1.82, 2.24) is 10.0 Å². The van der Waals surface area contributed by atoms with Gasteiger partial charge in [-0.2, -0.15) is 5.10 Å². The van der Waals surface area contributed by atoms with Crippen LogP contribution in [0.2, 0.25) is 0 Å². The first-order valence-corrected chi connectivity index (χ1v) is 14.4. The highest BCUT2D eigenvalue weighted by atomic mass is 16.2. The highest BCUT2D eigenvalue weighted by Crippen LogP contribution is 2.59. The molecule has 1 saturated carbocycles. The van der Waals surface area contributed by atoms with Gasteiger partial charge in [0.2, 0.25) is 5.91 Å². The van der Waals surface area contributed by atoms with Gasteiger partial charge in [-0.05, 0) is 28.8 Å². The van der Waals surface area contributed by atoms with Crippen molar-refractivity contribution in [3.05, 3.63) is 138 Å². The number of Topliss-reactive ketones (excluding diaryl/α,β-unsaturated/α-hetero) is 1. The Morgan fingerprint density at radius 3 is 1.95 bits per heavy atom. The minimum absolute atomic E-state index is 0.105. The number of hydrogen-bond acceptors (Lipinski definition) is 5. The van der Waals surface area contributed by atoms with E-state index in [0.29, 0.717) is 19.4 Å². The lowest BCUT2D eigenvalue weighted by atomic mass is 9.72. The summed E-state index contributed by atoms with van der Waals surface area (Å²) >= 11 is 0. The Morgan fingerprint density at radius 2 is 1.29 bits per heavy atom. The molecule has 1 amide bonds. The van der Waals surface area contributed by atoms with E-state index in [4.69, 9.17) is 5.10 Å². The Labute approximate surface area is 239 Å². The van der Waals surface area contributed by atoms with E-state index in [1.54, 1.807) is 0 Å². The number of hydrazine groups is 1. The minimum Gasteiger partial charge on any atom is -0.296 e. The number of hydrazone groups is 1. The molecule has 0 bridgehead atoms. The summed E-state index contributed by atoms with van der Waals surface area (Å²) in [5.74, 6) is -0.393. The van der Waals surface area contributed by atoms with E-state index in [9.17, 15) is 4.79 Å². The third kappa shape index (κ3) is 3.44. The van der Waals surface area contributed by atoms with E-state index in [0.717, 1.165) is 28.1 Å². The first-order chi connectivity index (χ1) is 20.2. The summed E-state index contributed by atoms with van der Waals surface area (Å²) in [5, 5.41) is 11.4. The average molecular weight is 539 g/mol. The maximum atomic E-state index is 15.4. The fourth-order valence-electron chi connectivity index (χ4n) is 7.87. The largest absolute Gasteiger partial charge is 0.296 e. The lowest BCUT2D eigenvalue weighted by Crippen LogP contribution is -2.54. The zero-order valence-electron chi connectivity index (χ0n) is 22.6. The Bertz CT molecular complexity index is 1640. The summed E-state index contributed by atoms with van der Waals surface area (Å²) in [4.78, 5) is 28.8. The number of rotatable bonds is 4. The molecule has 2 saturated heterocycles. The standard InChI is InChI=1S/C35H30N4O2/c40-29-21-22-37-33(26-17-9-3-10-18-26)30-28(38(29)37)23-35(34(30)41)31(24-13-5-1-6-14-24)32(25-15-7-2-8-16-25)36-39(35)27-19-11-4-12-20-27/h1-20,28,30-31,33H,21-23H2/t28-,30+,31+,33-,35+/m1/s1. The first-order valence-electron chi connectivity index (χ1n) is 14.4. The molecule has 0 unspecified atom stereocenters. The van der Waals surface area contributed by atoms with Crippen LogP contribution >= 0.6 is 0 Å². The summed E-state index contributed by atoms with van der Waals surface area (Å²) in [7, 11) is 0. The van der Waals surface area contributed by atoms with Crippen LogP contribution in [0.5, 0.6) is 0 Å². The topological polar surface area (TPSA) is 56.2 Å². The maximum absolute atomic E-state index is 15.4. The number of hydrogen-bond donors (Lipinski definition) is 0. The van der Waals surface area contributed by atoms with Gasteiger partial charge in [0.25, 0.3) is 0 Å². The molecule has 3 aliphatic heterocycles. The molecule has 6 heteroatoms. The van der Waals surface area contributed by atoms with Crippen LogP contribution in [-0.4, -0.2) is 45.5 Å². The highest BCUT2D eigenvalue weighted by Gasteiger charge is 2.71. The van der Waals surface area contributed by atoms with Gasteiger partial charge in [0.15, 0.2) is 5.78 Å². The Kier molecular flexibility index (Phi) is 5.47. The molecule has 1 spiro atoms. The van der Waals surface area contributed by atoms with Gasteiger partial charge < -0.3 is 0 Å². The van der Waals surface area contributed by atoms with Crippen molar-refractivity contribution in [3.8, 4) is 0 Å². The minimum atomic E-state index is -0.981. The molecule has 1 aliphatic carbocycles. The van der Waals surface area contributed by atoms with Crippen molar-refractivity contribution in [2.75, 3.05) is 11.6 Å². The smallest absolute Gasteiger partial charge is 0.238 e. The monoisotopic (exact) mass is 538 g/mol. The summed E-state index contributed by atoms with van der Waals surface area (Å²) in [5.41, 5.74) is 3.93. The van der Waals surface area contributed by atoms with Gasteiger partial charge in [0.05, 0.1) is 35.3 Å². The Hall–Kier alpha value is -4.55. The number of para-hydroxylation sites is 1. The molecule has 41 heavy (non-hydrogen) atoms. The highest BCUT2D eigenvalue weighted by molar-refractivity contribution is 6.15. The van der Waals surface area contributed by atoms with Crippen LogP contribution in [0.3, 0.4) is 0 Å². The molecule has 202 valence electrons. The third-order valence-electron chi connectivity index (χ3n) is 9.41. The van der Waals surface area contributed by atoms with Crippen molar-refractivity contribution in [1.29, 1.82) is 0 Å². The van der Waals surface area contributed by atoms with Crippen LogP contribution in [0.15, 0.2) is 126 Å². The number of fused-ring (bicyclic) bond motifs is 3. The molecule has 0 radical (unpaired) electrons. The molecule has 3 heterocycles. The van der Waals surface area contributed by atoms with Crippen LogP contribution in [0.1, 0.15) is 41.5 Å². The second kappa shape index (κ2) is 9.25. The predicted molar refractivity (Wildman–Crippen MR) is 158 cm³/mol. The van der Waals surface area contributed by atoms with Crippen molar-refractivity contribution in [2.24, 2.45) is 11.0 Å². The van der Waals surface area contributed by atoms with E-state index in [2.05, 4.69) is 41.4 Å². The van der Waals surface area contributed by atoms with Gasteiger partial charge in [0.1, 0.15) is 5.54 Å². The van der Waals surface area contributed by atoms with Crippen molar-refractivity contribution >= 4 is 23.1 Å². The van der Waals surface area contributed by atoms with Crippen LogP contribution in [0.4, 0.5) is 5.69 Å². The third-order valence-corrected chi connectivity index (χ3v) is 9.41. The molecule has 0 N–H and O–H groups in total. The first kappa shape index (κ1) is 24.3. The SMILES string of the molecule is O=C1CCN2[C@H](c3ccccc3)[C@H]3C(=O)[C@]4(C[C@H]3N12)[C@@H](c1ccccc1)C(c1ccccc1)=NN4c1ccccc1. The van der Waals surface area contributed by atoms with Gasteiger partial charge in [0, 0.05) is 19.4 Å². The number of amides is 1. The van der Waals surface area contributed by atoms with Crippen LogP contribution < -0.4 is 5.01 Å². The van der Waals surface area contributed by atoms with Crippen LogP contribution in [0.25, 0.3) is 0 Å². The number of nitrogens with zero attached hydrogens (tertiary/aromatic N) is 4. The van der Waals surface area contributed by atoms with Crippen molar-refractivity contribution in [2.45, 2.75) is 36.4 Å². The zero-order valence-corrected chi connectivity index (χ0v) is 22.6. The zero-order chi connectivity index (χ0) is 27.6. The average Bonchev–Trinajstić information content (AvgIpc) is 3.75. The maximum Gasteiger partial charge on any atom is 0.238 e. The molecule has 8 rings (SSSR count). The van der Waals surface area contributed by atoms with Crippen LogP contribution in [0, 0.1) is 5.92 Å². The van der Waals surface area contributed by atoms with Gasteiger partial charge in [-0.15, -0.1) is 0 Å². The fourth-order valence-corrected chi connectivity index (χ4v) is 7.87. The molecule has 3 fully saturated rings. The molecule has 4 aromatic carbocycles.